The van der Waals surface area contributed by atoms with Crippen LogP contribution in [-0.4, -0.2) is 53.3 Å². The Morgan fingerprint density at radius 3 is 2.48 bits per heavy atom. The summed E-state index contributed by atoms with van der Waals surface area (Å²) in [4.78, 5) is 30.8. The molecule has 3 rings (SSSR count). The summed E-state index contributed by atoms with van der Waals surface area (Å²) in [5.74, 6) is -0.115. The number of nitrogens with zero attached hydrogens (tertiary/aromatic N) is 3. The second-order valence-electron chi connectivity index (χ2n) is 5.95. The van der Waals surface area contributed by atoms with Gasteiger partial charge in [0.25, 0.3) is 5.91 Å². The van der Waals surface area contributed by atoms with Gasteiger partial charge in [0.15, 0.2) is 0 Å². The van der Waals surface area contributed by atoms with Crippen molar-refractivity contribution in [2.75, 3.05) is 31.5 Å². The molecule has 0 unspecified atom stereocenters. The molecule has 1 aromatic heterocycles. The van der Waals surface area contributed by atoms with Crippen LogP contribution >= 0.6 is 11.6 Å². The maximum atomic E-state index is 12.5. The molecule has 1 fully saturated rings. The fraction of sp³-hybridized carbons (Fsp3) is 0.278. The van der Waals surface area contributed by atoms with Gasteiger partial charge in [-0.2, -0.15) is 0 Å². The molecule has 1 aromatic carbocycles. The highest BCUT2D eigenvalue weighted by atomic mass is 35.5. The molecule has 2 heterocycles. The molecule has 0 aliphatic carbocycles. The van der Waals surface area contributed by atoms with Gasteiger partial charge < -0.3 is 15.1 Å². The lowest BCUT2D eigenvalue weighted by Crippen LogP contribution is -2.48. The first kappa shape index (κ1) is 17.2. The van der Waals surface area contributed by atoms with Gasteiger partial charge in [0.1, 0.15) is 5.69 Å². The fourth-order valence-corrected chi connectivity index (χ4v) is 2.80. The molecule has 2 amide bonds. The fourth-order valence-electron chi connectivity index (χ4n) is 2.62. The van der Waals surface area contributed by atoms with Gasteiger partial charge in [-0.05, 0) is 36.8 Å². The van der Waals surface area contributed by atoms with Gasteiger partial charge in [0, 0.05) is 36.9 Å². The zero-order valence-electron chi connectivity index (χ0n) is 13.9. The summed E-state index contributed by atoms with van der Waals surface area (Å²) >= 11 is 6.12. The second-order valence-corrected chi connectivity index (χ2v) is 6.36. The van der Waals surface area contributed by atoms with E-state index in [9.17, 15) is 9.59 Å². The average Bonchev–Trinajstić information content (AvgIpc) is 2.65. The van der Waals surface area contributed by atoms with Crippen molar-refractivity contribution in [3.63, 3.8) is 0 Å². The van der Waals surface area contributed by atoms with Crippen LogP contribution in [0.5, 0.6) is 0 Å². The minimum Gasteiger partial charge on any atom is -0.354 e. The van der Waals surface area contributed by atoms with Crippen LogP contribution in [0, 0.1) is 6.92 Å². The number of hydrogen-bond acceptors (Lipinski definition) is 4. The third-order valence-electron chi connectivity index (χ3n) is 4.19. The normalized spacial score (nSPS) is 14.3. The number of piperazine rings is 1. The van der Waals surface area contributed by atoms with Crippen molar-refractivity contribution < 1.29 is 9.59 Å². The number of carbonyl (C=O) groups is 2. The summed E-state index contributed by atoms with van der Waals surface area (Å²) in [6, 6.07) is 9.24. The van der Waals surface area contributed by atoms with Crippen molar-refractivity contribution >= 4 is 35.3 Å². The van der Waals surface area contributed by atoms with E-state index in [1.54, 1.807) is 22.1 Å². The van der Waals surface area contributed by atoms with Crippen molar-refractivity contribution in [3.05, 3.63) is 52.8 Å². The molecule has 0 spiro atoms. The second kappa shape index (κ2) is 7.53. The molecule has 1 aliphatic heterocycles. The average molecular weight is 359 g/mol. The van der Waals surface area contributed by atoms with Crippen LogP contribution in [-0.2, 0) is 4.79 Å². The number of rotatable bonds is 4. The third-order valence-corrected chi connectivity index (χ3v) is 4.60. The molecule has 25 heavy (non-hydrogen) atoms. The standard InChI is InChI=1S/C18H19ClN4O2/c1-13-2-3-14(10-16(13)19)21-15-4-5-17(20-11-15)18(25)23-8-6-22(12-24)7-9-23/h2-5,10-12,21H,6-9H2,1H3. The highest BCUT2D eigenvalue weighted by Crippen LogP contribution is 2.23. The lowest BCUT2D eigenvalue weighted by atomic mass is 10.2. The van der Waals surface area contributed by atoms with Crippen molar-refractivity contribution in [1.82, 2.24) is 14.8 Å². The Labute approximate surface area is 151 Å². The van der Waals surface area contributed by atoms with E-state index in [1.807, 2.05) is 31.2 Å². The first-order chi connectivity index (χ1) is 12.1. The topological polar surface area (TPSA) is 65.5 Å². The minimum absolute atomic E-state index is 0.115. The molecule has 7 heteroatoms. The Bertz CT molecular complexity index is 771. The largest absolute Gasteiger partial charge is 0.354 e. The molecule has 0 atom stereocenters. The van der Waals surface area contributed by atoms with Gasteiger partial charge in [0.05, 0.1) is 11.9 Å². The smallest absolute Gasteiger partial charge is 0.272 e. The minimum atomic E-state index is -0.115. The van der Waals surface area contributed by atoms with Crippen LogP contribution in [0.2, 0.25) is 5.02 Å². The zero-order valence-corrected chi connectivity index (χ0v) is 14.7. The Balaban J connectivity index is 1.64. The molecule has 0 radical (unpaired) electrons. The van der Waals surface area contributed by atoms with E-state index in [2.05, 4.69) is 10.3 Å². The summed E-state index contributed by atoms with van der Waals surface area (Å²) in [5.41, 5.74) is 3.05. The van der Waals surface area contributed by atoms with E-state index in [-0.39, 0.29) is 5.91 Å². The molecular weight excluding hydrogens is 340 g/mol. The number of halogens is 1. The lowest BCUT2D eigenvalue weighted by Gasteiger charge is -2.32. The van der Waals surface area contributed by atoms with E-state index in [0.29, 0.717) is 36.9 Å². The number of anilines is 2. The highest BCUT2D eigenvalue weighted by Gasteiger charge is 2.22. The summed E-state index contributed by atoms with van der Waals surface area (Å²) in [6.07, 6.45) is 2.44. The summed E-state index contributed by atoms with van der Waals surface area (Å²) < 4.78 is 0. The summed E-state index contributed by atoms with van der Waals surface area (Å²) in [5, 5.41) is 3.91. The quantitative estimate of drug-likeness (QED) is 0.853. The number of hydrogen-bond donors (Lipinski definition) is 1. The molecule has 0 bridgehead atoms. The third kappa shape index (κ3) is 4.09. The Morgan fingerprint density at radius 1 is 1.16 bits per heavy atom. The molecule has 2 aromatic rings. The van der Waals surface area contributed by atoms with Gasteiger partial charge >= 0.3 is 0 Å². The maximum absolute atomic E-state index is 12.5. The Morgan fingerprint density at radius 2 is 1.88 bits per heavy atom. The number of aromatic nitrogens is 1. The first-order valence-corrected chi connectivity index (χ1v) is 8.42. The van der Waals surface area contributed by atoms with Gasteiger partial charge in [-0.15, -0.1) is 0 Å². The van der Waals surface area contributed by atoms with Gasteiger partial charge in [0.2, 0.25) is 6.41 Å². The van der Waals surface area contributed by atoms with E-state index < -0.39 is 0 Å². The van der Waals surface area contributed by atoms with E-state index in [4.69, 9.17) is 11.6 Å². The molecule has 6 nitrogen and oxygen atoms in total. The number of carbonyl (C=O) groups excluding carboxylic acids is 2. The maximum Gasteiger partial charge on any atom is 0.272 e. The van der Waals surface area contributed by atoms with Crippen molar-refractivity contribution in [2.45, 2.75) is 6.92 Å². The number of amides is 2. The summed E-state index contributed by atoms with van der Waals surface area (Å²) in [6.45, 7) is 4.12. The highest BCUT2D eigenvalue weighted by molar-refractivity contribution is 6.31. The summed E-state index contributed by atoms with van der Waals surface area (Å²) in [7, 11) is 0. The predicted octanol–water partition coefficient (Wildman–Crippen LogP) is 2.70. The molecule has 1 saturated heterocycles. The number of benzene rings is 1. The molecule has 1 N–H and O–H groups in total. The van der Waals surface area contributed by atoms with Crippen LogP contribution in [0.3, 0.4) is 0 Å². The first-order valence-electron chi connectivity index (χ1n) is 8.04. The predicted molar refractivity (Wildman–Crippen MR) is 97.2 cm³/mol. The Kier molecular flexibility index (Phi) is 5.19. The van der Waals surface area contributed by atoms with Crippen molar-refractivity contribution in [1.29, 1.82) is 0 Å². The van der Waals surface area contributed by atoms with Crippen LogP contribution in [0.1, 0.15) is 16.1 Å². The number of aryl methyl sites for hydroxylation is 1. The van der Waals surface area contributed by atoms with Gasteiger partial charge in [-0.1, -0.05) is 17.7 Å². The molecule has 1 aliphatic rings. The van der Waals surface area contributed by atoms with Crippen LogP contribution < -0.4 is 5.32 Å². The number of nitrogens with one attached hydrogen (secondary N) is 1. The lowest BCUT2D eigenvalue weighted by molar-refractivity contribution is -0.119. The van der Waals surface area contributed by atoms with Crippen molar-refractivity contribution in [2.24, 2.45) is 0 Å². The Hall–Kier alpha value is -2.60. The van der Waals surface area contributed by atoms with E-state index >= 15 is 0 Å². The molecular formula is C18H19ClN4O2. The number of pyridine rings is 1. The zero-order chi connectivity index (χ0) is 17.8. The molecule has 130 valence electrons. The SMILES string of the molecule is Cc1ccc(Nc2ccc(C(=O)N3CCN(C=O)CC3)nc2)cc1Cl. The van der Waals surface area contributed by atoms with E-state index in [0.717, 1.165) is 23.3 Å². The van der Waals surface area contributed by atoms with Crippen LogP contribution in [0.15, 0.2) is 36.5 Å². The van der Waals surface area contributed by atoms with Gasteiger partial charge in [-0.25, -0.2) is 4.98 Å². The van der Waals surface area contributed by atoms with Gasteiger partial charge in [-0.3, -0.25) is 9.59 Å². The van der Waals surface area contributed by atoms with E-state index in [1.165, 1.54) is 0 Å². The molecule has 0 saturated carbocycles. The monoisotopic (exact) mass is 358 g/mol. The van der Waals surface area contributed by atoms with Crippen LogP contribution in [0.25, 0.3) is 0 Å². The van der Waals surface area contributed by atoms with Crippen molar-refractivity contribution in [3.8, 4) is 0 Å². The van der Waals surface area contributed by atoms with Crippen LogP contribution in [0.4, 0.5) is 11.4 Å².